The van der Waals surface area contributed by atoms with Crippen LogP contribution in [0, 0.1) is 17.1 Å². The number of hydrogen-bond donors (Lipinski definition) is 0. The average Bonchev–Trinajstić information content (AvgIpc) is 2.38. The van der Waals surface area contributed by atoms with Gasteiger partial charge in [0, 0.05) is 12.7 Å². The molecule has 0 radical (unpaired) electrons. The molecule has 0 atom stereocenters. The molecule has 4 heteroatoms. The van der Waals surface area contributed by atoms with E-state index in [9.17, 15) is 4.39 Å². The van der Waals surface area contributed by atoms with Crippen molar-refractivity contribution < 1.29 is 4.39 Å². The van der Waals surface area contributed by atoms with Gasteiger partial charge in [-0.25, -0.2) is 4.39 Å². The first-order valence-electron chi connectivity index (χ1n) is 5.31. The van der Waals surface area contributed by atoms with E-state index in [0.717, 1.165) is 5.69 Å². The van der Waals surface area contributed by atoms with Crippen molar-refractivity contribution in [2.75, 3.05) is 11.9 Å². The van der Waals surface area contributed by atoms with Gasteiger partial charge in [0.1, 0.15) is 11.9 Å². The molecule has 0 aliphatic heterocycles. The van der Waals surface area contributed by atoms with Crippen molar-refractivity contribution in [2.45, 2.75) is 0 Å². The first-order valence-corrected chi connectivity index (χ1v) is 5.69. The molecule has 0 aliphatic rings. The normalized spacial score (nSPS) is 9.89. The second-order valence-corrected chi connectivity index (χ2v) is 4.19. The van der Waals surface area contributed by atoms with Gasteiger partial charge in [-0.3, -0.25) is 0 Å². The lowest BCUT2D eigenvalue weighted by Gasteiger charge is -2.20. The van der Waals surface area contributed by atoms with Gasteiger partial charge in [0.2, 0.25) is 0 Å². The molecule has 2 nitrogen and oxygen atoms in total. The van der Waals surface area contributed by atoms with Crippen LogP contribution in [-0.4, -0.2) is 7.05 Å². The summed E-state index contributed by atoms with van der Waals surface area (Å²) in [4.78, 5) is 1.68. The lowest BCUT2D eigenvalue weighted by Crippen LogP contribution is -2.11. The molecule has 2 aromatic carbocycles. The van der Waals surface area contributed by atoms with Gasteiger partial charge in [0.15, 0.2) is 0 Å². The Kier molecular flexibility index (Phi) is 3.50. The van der Waals surface area contributed by atoms with Crippen LogP contribution < -0.4 is 4.90 Å². The molecule has 2 aromatic rings. The number of para-hydroxylation sites is 1. The Hall–Kier alpha value is -2.05. The monoisotopic (exact) mass is 260 g/mol. The summed E-state index contributed by atoms with van der Waals surface area (Å²) in [7, 11) is 1.75. The molecular formula is C14H10ClFN2. The van der Waals surface area contributed by atoms with Crippen molar-refractivity contribution in [3.8, 4) is 6.07 Å². The van der Waals surface area contributed by atoms with E-state index in [2.05, 4.69) is 0 Å². The van der Waals surface area contributed by atoms with Crippen LogP contribution in [0.3, 0.4) is 0 Å². The van der Waals surface area contributed by atoms with Crippen LogP contribution in [0.4, 0.5) is 15.8 Å². The first-order chi connectivity index (χ1) is 8.63. The van der Waals surface area contributed by atoms with Crippen molar-refractivity contribution in [3.63, 3.8) is 0 Å². The summed E-state index contributed by atoms with van der Waals surface area (Å²) in [6.07, 6.45) is 0. The summed E-state index contributed by atoms with van der Waals surface area (Å²) in [6, 6.07) is 13.5. The number of benzene rings is 2. The molecule has 0 fully saturated rings. The van der Waals surface area contributed by atoms with Crippen molar-refractivity contribution in [1.29, 1.82) is 5.26 Å². The van der Waals surface area contributed by atoms with Crippen molar-refractivity contribution >= 4 is 23.0 Å². The van der Waals surface area contributed by atoms with Crippen molar-refractivity contribution in [3.05, 3.63) is 58.9 Å². The average molecular weight is 261 g/mol. The van der Waals surface area contributed by atoms with Crippen LogP contribution in [0.1, 0.15) is 5.56 Å². The Labute approximate surface area is 110 Å². The highest BCUT2D eigenvalue weighted by Gasteiger charge is 2.10. The fourth-order valence-corrected chi connectivity index (χ4v) is 1.88. The first kappa shape index (κ1) is 12.4. The maximum atomic E-state index is 13.6. The molecule has 0 N–H and O–H groups in total. The van der Waals surface area contributed by atoms with E-state index in [0.29, 0.717) is 16.3 Å². The molecule has 0 amide bonds. The van der Waals surface area contributed by atoms with E-state index in [1.807, 2.05) is 6.07 Å². The lowest BCUT2D eigenvalue weighted by atomic mass is 10.2. The Bertz CT molecular complexity index is 619. The molecule has 0 saturated carbocycles. The maximum absolute atomic E-state index is 13.6. The van der Waals surface area contributed by atoms with Crippen molar-refractivity contribution in [1.82, 2.24) is 0 Å². The Morgan fingerprint density at radius 1 is 1.22 bits per heavy atom. The molecule has 18 heavy (non-hydrogen) atoms. The minimum atomic E-state index is -0.305. The minimum absolute atomic E-state index is 0.305. The maximum Gasteiger partial charge on any atom is 0.146 e. The zero-order chi connectivity index (χ0) is 13.1. The molecular weight excluding hydrogens is 251 g/mol. The second-order valence-electron chi connectivity index (χ2n) is 3.79. The number of rotatable bonds is 2. The topological polar surface area (TPSA) is 27.0 Å². The second kappa shape index (κ2) is 5.07. The summed E-state index contributed by atoms with van der Waals surface area (Å²) in [6.45, 7) is 0. The molecule has 0 aromatic heterocycles. The highest BCUT2D eigenvalue weighted by molar-refractivity contribution is 6.32. The summed E-state index contributed by atoms with van der Waals surface area (Å²) < 4.78 is 13.6. The fourth-order valence-electron chi connectivity index (χ4n) is 1.67. The smallest absolute Gasteiger partial charge is 0.146 e. The molecule has 0 saturated heterocycles. The Morgan fingerprint density at radius 2 is 1.94 bits per heavy atom. The summed E-state index contributed by atoms with van der Waals surface area (Å²) in [5.41, 5.74) is 1.59. The SMILES string of the molecule is CN(c1ccc(C#N)c(Cl)c1)c1ccccc1F. The van der Waals surface area contributed by atoms with Gasteiger partial charge >= 0.3 is 0 Å². The third kappa shape index (κ3) is 2.29. The van der Waals surface area contributed by atoms with Crippen LogP contribution >= 0.6 is 11.6 Å². The summed E-state index contributed by atoms with van der Waals surface area (Å²) in [5.74, 6) is -0.305. The van der Waals surface area contributed by atoms with Gasteiger partial charge in [-0.05, 0) is 30.3 Å². The van der Waals surface area contributed by atoms with Crippen LogP contribution in [0.2, 0.25) is 5.02 Å². The van der Waals surface area contributed by atoms with E-state index in [1.54, 1.807) is 48.3 Å². The number of nitrogens with zero attached hydrogens (tertiary/aromatic N) is 2. The molecule has 0 spiro atoms. The van der Waals surface area contributed by atoms with E-state index in [-0.39, 0.29) is 5.82 Å². The molecule has 90 valence electrons. The van der Waals surface area contributed by atoms with E-state index < -0.39 is 0 Å². The largest absolute Gasteiger partial charge is 0.342 e. The molecule has 2 rings (SSSR count). The Balaban J connectivity index is 2.41. The lowest BCUT2D eigenvalue weighted by molar-refractivity contribution is 0.627. The molecule has 0 bridgehead atoms. The van der Waals surface area contributed by atoms with Crippen LogP contribution in [0.15, 0.2) is 42.5 Å². The van der Waals surface area contributed by atoms with Gasteiger partial charge in [-0.1, -0.05) is 23.7 Å². The van der Waals surface area contributed by atoms with Gasteiger partial charge in [-0.15, -0.1) is 0 Å². The van der Waals surface area contributed by atoms with Gasteiger partial charge in [-0.2, -0.15) is 5.26 Å². The van der Waals surface area contributed by atoms with Gasteiger partial charge in [0.25, 0.3) is 0 Å². The van der Waals surface area contributed by atoms with Crippen LogP contribution in [0.25, 0.3) is 0 Å². The minimum Gasteiger partial charge on any atom is -0.342 e. The third-order valence-corrected chi connectivity index (χ3v) is 2.99. The molecule has 0 heterocycles. The highest BCUT2D eigenvalue weighted by Crippen LogP contribution is 2.29. The van der Waals surface area contributed by atoms with Crippen molar-refractivity contribution in [2.24, 2.45) is 0 Å². The Morgan fingerprint density at radius 3 is 2.56 bits per heavy atom. The van der Waals surface area contributed by atoms with Crippen LogP contribution in [-0.2, 0) is 0 Å². The number of anilines is 2. The summed E-state index contributed by atoms with van der Waals surface area (Å²) >= 11 is 5.96. The summed E-state index contributed by atoms with van der Waals surface area (Å²) in [5, 5.41) is 9.16. The predicted molar refractivity (Wildman–Crippen MR) is 70.6 cm³/mol. The molecule has 0 aliphatic carbocycles. The number of hydrogen-bond acceptors (Lipinski definition) is 2. The molecule has 0 unspecified atom stereocenters. The van der Waals surface area contributed by atoms with E-state index >= 15 is 0 Å². The van der Waals surface area contributed by atoms with Gasteiger partial charge in [0.05, 0.1) is 16.3 Å². The van der Waals surface area contributed by atoms with Gasteiger partial charge < -0.3 is 4.90 Å². The fraction of sp³-hybridized carbons (Fsp3) is 0.0714. The zero-order valence-corrected chi connectivity index (χ0v) is 10.4. The zero-order valence-electron chi connectivity index (χ0n) is 9.69. The van der Waals surface area contributed by atoms with Crippen LogP contribution in [0.5, 0.6) is 0 Å². The standard InChI is InChI=1S/C14H10ClFN2/c1-18(14-5-3-2-4-13(14)16)11-7-6-10(9-17)12(15)8-11/h2-8H,1H3. The third-order valence-electron chi connectivity index (χ3n) is 2.67. The number of nitriles is 1. The van der Waals surface area contributed by atoms with E-state index in [1.165, 1.54) is 6.07 Å². The predicted octanol–water partition coefficient (Wildman–Crippen LogP) is 4.12. The quantitative estimate of drug-likeness (QED) is 0.812. The highest BCUT2D eigenvalue weighted by atomic mass is 35.5. The van der Waals surface area contributed by atoms with E-state index in [4.69, 9.17) is 16.9 Å². The number of halogens is 2.